The molecule has 0 unspecified atom stereocenters. The molecule has 2 aliphatic carbocycles. The fourth-order valence-electron chi connectivity index (χ4n) is 2.23. The van der Waals surface area contributed by atoms with E-state index in [-0.39, 0.29) is 20.4 Å². The fraction of sp³-hybridized carbons (Fsp3) is 0.625. The van der Waals surface area contributed by atoms with Crippen LogP contribution in [0.1, 0.15) is 63.8 Å². The van der Waals surface area contributed by atoms with Crippen LogP contribution in [-0.2, 0) is 14.1 Å². The van der Waals surface area contributed by atoms with Gasteiger partial charge in [-0.15, -0.1) is 0 Å². The summed E-state index contributed by atoms with van der Waals surface area (Å²) in [5, 5.41) is 6.23. The van der Waals surface area contributed by atoms with Gasteiger partial charge < -0.3 is 5.10 Å². The second kappa shape index (κ2) is 7.13. The van der Waals surface area contributed by atoms with Gasteiger partial charge in [0.25, 0.3) is 5.56 Å². The van der Waals surface area contributed by atoms with Crippen LogP contribution >= 0.6 is 12.2 Å². The van der Waals surface area contributed by atoms with Crippen LogP contribution < -0.4 is 5.56 Å². The SMILES string of the molecule is C.C.Cn1[nH]c(C2CC2)cc1=O.Cn1[nH]c(C2CC2)cc1=S. The predicted octanol–water partition coefficient (Wildman–Crippen LogP) is 3.82. The van der Waals surface area contributed by atoms with E-state index in [0.717, 1.165) is 16.3 Å². The topological polar surface area (TPSA) is 58.5 Å². The Morgan fingerprint density at radius 2 is 1.41 bits per heavy atom. The van der Waals surface area contributed by atoms with E-state index in [1.807, 2.05) is 11.7 Å². The van der Waals surface area contributed by atoms with Gasteiger partial charge in [0.15, 0.2) is 0 Å². The lowest BCUT2D eigenvalue weighted by Crippen LogP contribution is -2.09. The van der Waals surface area contributed by atoms with Gasteiger partial charge in [-0.3, -0.25) is 19.3 Å². The molecule has 2 aromatic rings. The molecule has 2 aliphatic rings. The zero-order chi connectivity index (χ0) is 14.3. The first-order chi connectivity index (χ1) is 9.54. The average Bonchev–Trinajstić information content (AvgIpc) is 3.31. The van der Waals surface area contributed by atoms with Gasteiger partial charge in [0.05, 0.1) is 0 Å². The van der Waals surface area contributed by atoms with E-state index in [2.05, 4.69) is 16.3 Å². The highest BCUT2D eigenvalue weighted by Crippen LogP contribution is 2.39. The number of rotatable bonds is 2. The minimum atomic E-state index is 0. The molecule has 5 nitrogen and oxygen atoms in total. The molecule has 6 heteroatoms. The smallest absolute Gasteiger partial charge is 0.266 e. The van der Waals surface area contributed by atoms with Gasteiger partial charge >= 0.3 is 0 Å². The Kier molecular flexibility index (Phi) is 6.00. The molecule has 0 atom stereocenters. The standard InChI is InChI=1S/C7H10N2O.C7H10N2S.2CH4/c2*1-9-7(10)4-6(8-9)5-2-3-5;;/h2*4-5,8H,2-3H2,1H3;2*1H4. The van der Waals surface area contributed by atoms with E-state index >= 15 is 0 Å². The summed E-state index contributed by atoms with van der Waals surface area (Å²) in [4.78, 5) is 10.9. The minimum absolute atomic E-state index is 0. The maximum Gasteiger partial charge on any atom is 0.266 e. The summed E-state index contributed by atoms with van der Waals surface area (Å²) in [6.07, 6.45) is 5.13. The number of aromatic amines is 2. The molecule has 0 radical (unpaired) electrons. The molecule has 2 N–H and O–H groups in total. The molecule has 0 bridgehead atoms. The molecule has 124 valence electrons. The highest BCUT2D eigenvalue weighted by Gasteiger charge is 2.25. The first kappa shape index (κ1) is 18.5. The summed E-state index contributed by atoms with van der Waals surface area (Å²) in [5.41, 5.74) is 2.49. The van der Waals surface area contributed by atoms with Crippen LogP contribution in [0.3, 0.4) is 0 Å². The van der Waals surface area contributed by atoms with E-state index in [1.54, 1.807) is 13.1 Å². The molecule has 2 fully saturated rings. The summed E-state index contributed by atoms with van der Waals surface area (Å²) < 4.78 is 4.32. The van der Waals surface area contributed by atoms with Gasteiger partial charge in [-0.05, 0) is 31.7 Å². The number of nitrogens with zero attached hydrogens (tertiary/aromatic N) is 2. The zero-order valence-electron chi connectivity index (χ0n) is 11.8. The molecule has 2 saturated carbocycles. The predicted molar refractivity (Wildman–Crippen MR) is 94.0 cm³/mol. The van der Waals surface area contributed by atoms with E-state index < -0.39 is 0 Å². The molecule has 0 aromatic carbocycles. The number of aryl methyl sites for hydroxylation is 2. The van der Waals surface area contributed by atoms with Gasteiger partial charge in [0.1, 0.15) is 4.64 Å². The van der Waals surface area contributed by atoms with Crippen LogP contribution in [0.4, 0.5) is 0 Å². The third-order valence-electron chi connectivity index (χ3n) is 3.85. The molecule has 0 saturated heterocycles. The van der Waals surface area contributed by atoms with Gasteiger partial charge in [0, 0.05) is 43.4 Å². The molecule has 4 rings (SSSR count). The lowest BCUT2D eigenvalue weighted by Gasteiger charge is -1.89. The van der Waals surface area contributed by atoms with Crippen molar-refractivity contribution in [2.24, 2.45) is 14.1 Å². The maximum atomic E-state index is 10.9. The van der Waals surface area contributed by atoms with E-state index in [0.29, 0.717) is 5.92 Å². The lowest BCUT2D eigenvalue weighted by atomic mass is 10.3. The molecule has 0 aliphatic heterocycles. The molecule has 2 heterocycles. The zero-order valence-corrected chi connectivity index (χ0v) is 12.7. The van der Waals surface area contributed by atoms with Crippen molar-refractivity contribution in [1.82, 2.24) is 19.6 Å². The van der Waals surface area contributed by atoms with Crippen LogP contribution in [0.25, 0.3) is 0 Å². The van der Waals surface area contributed by atoms with Crippen LogP contribution in [0, 0.1) is 4.64 Å². The lowest BCUT2D eigenvalue weighted by molar-refractivity contribution is 0.721. The average molecular weight is 324 g/mol. The summed E-state index contributed by atoms with van der Waals surface area (Å²) >= 11 is 5.05. The number of aromatic nitrogens is 4. The van der Waals surface area contributed by atoms with Gasteiger partial charge in [-0.2, -0.15) is 0 Å². The van der Waals surface area contributed by atoms with Crippen molar-refractivity contribution in [1.29, 1.82) is 0 Å². The molecular formula is C16H28N4OS. The van der Waals surface area contributed by atoms with Crippen molar-refractivity contribution in [3.05, 3.63) is 38.5 Å². The highest BCUT2D eigenvalue weighted by molar-refractivity contribution is 7.71. The largest absolute Gasteiger partial charge is 0.302 e. The number of H-pyrrole nitrogens is 2. The van der Waals surface area contributed by atoms with Crippen molar-refractivity contribution < 1.29 is 0 Å². The fourth-order valence-corrected chi connectivity index (χ4v) is 2.40. The van der Waals surface area contributed by atoms with Gasteiger partial charge in [-0.25, -0.2) is 0 Å². The molecule has 22 heavy (non-hydrogen) atoms. The van der Waals surface area contributed by atoms with Crippen molar-refractivity contribution in [3.63, 3.8) is 0 Å². The second-order valence-electron chi connectivity index (χ2n) is 5.77. The van der Waals surface area contributed by atoms with Crippen molar-refractivity contribution >= 4 is 12.2 Å². The van der Waals surface area contributed by atoms with Gasteiger partial charge in [-0.1, -0.05) is 27.1 Å². The summed E-state index contributed by atoms with van der Waals surface area (Å²) in [6, 6.07) is 3.75. The molecular weight excluding hydrogens is 296 g/mol. The normalized spacial score (nSPS) is 16.1. The Labute approximate surface area is 137 Å². The summed E-state index contributed by atoms with van der Waals surface area (Å²) in [5.74, 6) is 1.43. The second-order valence-corrected chi connectivity index (χ2v) is 6.18. The Bertz CT molecular complexity index is 651. The van der Waals surface area contributed by atoms with E-state index in [4.69, 9.17) is 12.2 Å². The third-order valence-corrected chi connectivity index (χ3v) is 4.24. The van der Waals surface area contributed by atoms with Crippen LogP contribution in [0.2, 0.25) is 0 Å². The first-order valence-electron chi connectivity index (χ1n) is 7.06. The third kappa shape index (κ3) is 4.22. The summed E-state index contributed by atoms with van der Waals surface area (Å²) in [6.45, 7) is 0. The van der Waals surface area contributed by atoms with Crippen LogP contribution in [-0.4, -0.2) is 19.6 Å². The monoisotopic (exact) mass is 324 g/mol. The Balaban J connectivity index is 0.000000202. The van der Waals surface area contributed by atoms with Gasteiger partial charge in [0.2, 0.25) is 0 Å². The molecule has 0 spiro atoms. The number of hydrogen-bond acceptors (Lipinski definition) is 2. The maximum absolute atomic E-state index is 10.9. The van der Waals surface area contributed by atoms with Crippen LogP contribution in [0.15, 0.2) is 16.9 Å². The van der Waals surface area contributed by atoms with E-state index in [9.17, 15) is 4.79 Å². The Morgan fingerprint density at radius 3 is 1.73 bits per heavy atom. The molecule has 0 amide bonds. The van der Waals surface area contributed by atoms with Crippen molar-refractivity contribution in [2.75, 3.05) is 0 Å². The highest BCUT2D eigenvalue weighted by atomic mass is 32.1. The number of nitrogens with one attached hydrogen (secondary N) is 2. The number of hydrogen-bond donors (Lipinski definition) is 2. The summed E-state index contributed by atoms with van der Waals surface area (Å²) in [7, 11) is 3.70. The Morgan fingerprint density at radius 1 is 0.955 bits per heavy atom. The minimum Gasteiger partial charge on any atom is -0.302 e. The first-order valence-corrected chi connectivity index (χ1v) is 7.47. The van der Waals surface area contributed by atoms with Crippen molar-refractivity contribution in [3.8, 4) is 0 Å². The van der Waals surface area contributed by atoms with Crippen molar-refractivity contribution in [2.45, 2.75) is 52.4 Å². The van der Waals surface area contributed by atoms with E-state index in [1.165, 1.54) is 36.1 Å². The molecule has 2 aromatic heterocycles. The quantitative estimate of drug-likeness (QED) is 0.825. The Hall–Kier alpha value is -1.56. The van der Waals surface area contributed by atoms with Crippen LogP contribution in [0.5, 0.6) is 0 Å².